The molecule has 20 heavy (non-hydrogen) atoms. The number of nitriles is 1. The zero-order valence-corrected chi connectivity index (χ0v) is 11.2. The normalized spacial score (nSPS) is 11.4. The van der Waals surface area contributed by atoms with Gasteiger partial charge in [-0.05, 0) is 26.0 Å². The molecule has 0 heterocycles. The van der Waals surface area contributed by atoms with Crippen molar-refractivity contribution in [2.24, 2.45) is 5.92 Å². The Bertz CT molecular complexity index is 565. The lowest BCUT2D eigenvalue weighted by Gasteiger charge is -2.24. The number of hydrogen-bond acceptors (Lipinski definition) is 5. The van der Waals surface area contributed by atoms with Crippen molar-refractivity contribution in [2.45, 2.75) is 13.8 Å². The summed E-state index contributed by atoms with van der Waals surface area (Å²) in [5, 5.41) is 28.9. The second kappa shape index (κ2) is 6.52. The van der Waals surface area contributed by atoms with Gasteiger partial charge in [0, 0.05) is 19.2 Å². The van der Waals surface area contributed by atoms with E-state index in [4.69, 9.17) is 10.4 Å². The molecule has 7 nitrogen and oxygen atoms in total. The van der Waals surface area contributed by atoms with Crippen molar-refractivity contribution in [3.63, 3.8) is 0 Å². The summed E-state index contributed by atoms with van der Waals surface area (Å²) in [5.41, 5.74) is 0.0372. The largest absolute Gasteiger partial charge is 0.478 e. The van der Waals surface area contributed by atoms with Crippen LogP contribution in [-0.2, 0) is 0 Å². The van der Waals surface area contributed by atoms with Gasteiger partial charge in [0.2, 0.25) is 0 Å². The summed E-state index contributed by atoms with van der Waals surface area (Å²) < 4.78 is 0. The Hall–Kier alpha value is -2.62. The maximum Gasteiger partial charge on any atom is 0.335 e. The standard InChI is InChI=1S/C13H15N3O4/c1-3-15(8-9(2)7-14)12-6-10(13(17)18)4-5-11(12)16(19)20/h4-6,9H,3,8H2,1-2H3,(H,17,18). The number of carboxylic acid groups (broad SMARTS) is 1. The van der Waals surface area contributed by atoms with Gasteiger partial charge in [-0.15, -0.1) is 0 Å². The molecule has 0 fully saturated rings. The van der Waals surface area contributed by atoms with Crippen molar-refractivity contribution >= 4 is 17.3 Å². The van der Waals surface area contributed by atoms with Crippen molar-refractivity contribution in [1.82, 2.24) is 0 Å². The summed E-state index contributed by atoms with van der Waals surface area (Å²) in [7, 11) is 0. The van der Waals surface area contributed by atoms with Crippen LogP contribution in [0.15, 0.2) is 18.2 Å². The molecule has 0 bridgehead atoms. The van der Waals surface area contributed by atoms with Crippen LogP contribution in [0.3, 0.4) is 0 Å². The number of nitro benzene ring substituents is 1. The zero-order chi connectivity index (χ0) is 15.3. The lowest BCUT2D eigenvalue weighted by atomic mass is 10.1. The first-order valence-corrected chi connectivity index (χ1v) is 6.07. The van der Waals surface area contributed by atoms with Gasteiger partial charge in [0.05, 0.1) is 22.5 Å². The fourth-order valence-corrected chi connectivity index (χ4v) is 1.83. The molecule has 0 saturated heterocycles. The second-order valence-electron chi connectivity index (χ2n) is 4.33. The van der Waals surface area contributed by atoms with E-state index in [0.29, 0.717) is 13.1 Å². The molecule has 0 saturated carbocycles. The number of nitrogens with zero attached hydrogens (tertiary/aromatic N) is 3. The third-order valence-electron chi connectivity index (χ3n) is 2.86. The van der Waals surface area contributed by atoms with Gasteiger partial charge in [-0.25, -0.2) is 4.79 Å². The number of nitro groups is 1. The number of anilines is 1. The van der Waals surface area contributed by atoms with Crippen LogP contribution in [0, 0.1) is 27.4 Å². The van der Waals surface area contributed by atoms with Crippen LogP contribution in [0.2, 0.25) is 0 Å². The summed E-state index contributed by atoms with van der Waals surface area (Å²) in [6, 6.07) is 5.71. The SMILES string of the molecule is CCN(CC(C)C#N)c1cc(C(=O)O)ccc1[N+](=O)[O-]. The van der Waals surface area contributed by atoms with Crippen molar-refractivity contribution in [1.29, 1.82) is 5.26 Å². The van der Waals surface area contributed by atoms with Crippen LogP contribution in [-0.4, -0.2) is 29.1 Å². The van der Waals surface area contributed by atoms with Gasteiger partial charge in [0.25, 0.3) is 5.69 Å². The molecule has 0 radical (unpaired) electrons. The molecule has 1 atom stereocenters. The summed E-state index contributed by atoms with van der Waals surface area (Å²) in [6.07, 6.45) is 0. The number of carbonyl (C=O) groups is 1. The molecule has 0 spiro atoms. The fraction of sp³-hybridized carbons (Fsp3) is 0.385. The molecule has 0 aliphatic heterocycles. The summed E-state index contributed by atoms with van der Waals surface area (Å²) in [4.78, 5) is 23.1. The molecule has 1 unspecified atom stereocenters. The predicted octanol–water partition coefficient (Wildman–Crippen LogP) is 2.28. The molecule has 0 amide bonds. The van der Waals surface area contributed by atoms with E-state index >= 15 is 0 Å². The monoisotopic (exact) mass is 277 g/mol. The van der Waals surface area contributed by atoms with Gasteiger partial charge in [-0.3, -0.25) is 10.1 Å². The molecule has 1 aromatic carbocycles. The quantitative estimate of drug-likeness (QED) is 0.631. The van der Waals surface area contributed by atoms with E-state index in [1.807, 2.05) is 0 Å². The van der Waals surface area contributed by atoms with Gasteiger partial charge >= 0.3 is 5.97 Å². The number of carboxylic acids is 1. The van der Waals surface area contributed by atoms with Crippen molar-refractivity contribution in [2.75, 3.05) is 18.0 Å². The highest BCUT2D eigenvalue weighted by Crippen LogP contribution is 2.29. The minimum Gasteiger partial charge on any atom is -0.478 e. The molecule has 106 valence electrons. The third-order valence-corrected chi connectivity index (χ3v) is 2.86. The number of rotatable bonds is 6. The lowest BCUT2D eigenvalue weighted by molar-refractivity contribution is -0.384. The average molecular weight is 277 g/mol. The van der Waals surface area contributed by atoms with Crippen molar-refractivity contribution in [3.8, 4) is 6.07 Å². The van der Waals surface area contributed by atoms with Crippen LogP contribution in [0.25, 0.3) is 0 Å². The number of aromatic carboxylic acids is 1. The summed E-state index contributed by atoms with van der Waals surface area (Å²) in [5.74, 6) is -1.46. The minimum absolute atomic E-state index is 0.0198. The molecule has 1 N–H and O–H groups in total. The lowest BCUT2D eigenvalue weighted by Crippen LogP contribution is -2.28. The Balaban J connectivity index is 3.29. The van der Waals surface area contributed by atoms with Crippen LogP contribution in [0.4, 0.5) is 11.4 Å². The topological polar surface area (TPSA) is 107 Å². The zero-order valence-electron chi connectivity index (χ0n) is 11.2. The first kappa shape index (κ1) is 15.4. The Kier molecular flexibility index (Phi) is 5.03. The van der Waals surface area contributed by atoms with Gasteiger partial charge in [-0.1, -0.05) is 0 Å². The highest BCUT2D eigenvalue weighted by Gasteiger charge is 2.21. The predicted molar refractivity (Wildman–Crippen MR) is 72.7 cm³/mol. The smallest absolute Gasteiger partial charge is 0.335 e. The highest BCUT2D eigenvalue weighted by atomic mass is 16.6. The summed E-state index contributed by atoms with van der Waals surface area (Å²) in [6.45, 7) is 4.24. The molecule has 1 aromatic rings. The highest BCUT2D eigenvalue weighted by molar-refractivity contribution is 5.90. The average Bonchev–Trinajstić information content (AvgIpc) is 2.43. The molecule has 0 aromatic heterocycles. The van der Waals surface area contributed by atoms with Crippen LogP contribution >= 0.6 is 0 Å². The second-order valence-corrected chi connectivity index (χ2v) is 4.33. The molecule has 1 rings (SSSR count). The first-order valence-electron chi connectivity index (χ1n) is 6.07. The molecule has 0 aliphatic carbocycles. The molecular formula is C13H15N3O4. The Labute approximate surface area is 116 Å². The van der Waals surface area contributed by atoms with Crippen LogP contribution in [0.5, 0.6) is 0 Å². The van der Waals surface area contributed by atoms with Crippen LogP contribution < -0.4 is 4.90 Å². The molecule has 0 aliphatic rings. The van der Waals surface area contributed by atoms with Crippen LogP contribution in [0.1, 0.15) is 24.2 Å². The first-order chi connectivity index (χ1) is 9.40. The van der Waals surface area contributed by atoms with Gasteiger partial charge in [0.15, 0.2) is 0 Å². The maximum atomic E-state index is 11.0. The van der Waals surface area contributed by atoms with E-state index in [9.17, 15) is 14.9 Å². The Morgan fingerprint density at radius 3 is 2.70 bits per heavy atom. The van der Waals surface area contributed by atoms with E-state index in [0.717, 1.165) is 0 Å². The minimum atomic E-state index is -1.15. The summed E-state index contributed by atoms with van der Waals surface area (Å²) >= 11 is 0. The van der Waals surface area contributed by atoms with E-state index < -0.39 is 10.9 Å². The van der Waals surface area contributed by atoms with Gasteiger partial charge < -0.3 is 10.0 Å². The molecular weight excluding hydrogens is 262 g/mol. The third kappa shape index (κ3) is 3.45. The Morgan fingerprint density at radius 2 is 2.25 bits per heavy atom. The number of hydrogen-bond donors (Lipinski definition) is 1. The van der Waals surface area contributed by atoms with Gasteiger partial charge in [-0.2, -0.15) is 5.26 Å². The molecule has 7 heteroatoms. The fourth-order valence-electron chi connectivity index (χ4n) is 1.83. The van der Waals surface area contributed by atoms with Gasteiger partial charge in [0.1, 0.15) is 5.69 Å². The Morgan fingerprint density at radius 1 is 1.60 bits per heavy atom. The van der Waals surface area contributed by atoms with E-state index in [2.05, 4.69) is 6.07 Å². The van der Waals surface area contributed by atoms with E-state index in [-0.39, 0.29) is 22.9 Å². The number of benzene rings is 1. The maximum absolute atomic E-state index is 11.0. The van der Waals surface area contributed by atoms with Crippen molar-refractivity contribution < 1.29 is 14.8 Å². The van der Waals surface area contributed by atoms with Crippen molar-refractivity contribution in [3.05, 3.63) is 33.9 Å². The van der Waals surface area contributed by atoms with E-state index in [1.54, 1.807) is 18.7 Å². The van der Waals surface area contributed by atoms with E-state index in [1.165, 1.54) is 18.2 Å².